The van der Waals surface area contributed by atoms with Crippen LogP contribution in [-0.2, 0) is 9.59 Å². The minimum Gasteiger partial charge on any atom is -0.369 e. The smallest absolute Gasteiger partial charge is 0.221 e. The van der Waals surface area contributed by atoms with E-state index in [1.54, 1.807) is 0 Å². The van der Waals surface area contributed by atoms with Crippen LogP contribution in [0.15, 0.2) is 12.2 Å². The molecule has 0 bridgehead atoms. The molecule has 0 unspecified atom stereocenters. The first kappa shape index (κ1) is 7.88. The number of ketones is 1. The summed E-state index contributed by atoms with van der Waals surface area (Å²) < 4.78 is 0. The molecule has 3 heteroatoms. The summed E-state index contributed by atoms with van der Waals surface area (Å²) in [6, 6.07) is 0. The van der Waals surface area contributed by atoms with Crippen LogP contribution < -0.4 is 5.73 Å². The highest BCUT2D eigenvalue weighted by molar-refractivity contribution is 5.97. The van der Waals surface area contributed by atoms with Gasteiger partial charge in [0, 0.05) is 0 Å². The first-order valence-corrected chi connectivity index (χ1v) is 2.51. The maximum absolute atomic E-state index is 10.4. The topological polar surface area (TPSA) is 60.2 Å². The molecule has 50 valence electrons. The van der Waals surface area contributed by atoms with E-state index < -0.39 is 5.91 Å². The number of rotatable bonds is 3. The Bertz CT molecular complexity index is 160. The number of Topliss-reactive ketones (excluding diaryl/α,β-unsaturated/α-hetero) is 1. The second-order valence-corrected chi connectivity index (χ2v) is 1.80. The second kappa shape index (κ2) is 3.02. The molecule has 0 atom stereocenters. The molecule has 0 aliphatic rings. The Morgan fingerprint density at radius 3 is 2.11 bits per heavy atom. The van der Waals surface area contributed by atoms with Crippen molar-refractivity contribution in [3.05, 3.63) is 12.2 Å². The minimum absolute atomic E-state index is 0.0324. The predicted molar refractivity (Wildman–Crippen MR) is 33.6 cm³/mol. The molecule has 0 aliphatic carbocycles. The monoisotopic (exact) mass is 127 g/mol. The van der Waals surface area contributed by atoms with Gasteiger partial charge in [-0.2, -0.15) is 0 Å². The molecule has 3 nitrogen and oxygen atoms in total. The number of amides is 1. The van der Waals surface area contributed by atoms with Crippen molar-refractivity contribution in [2.75, 3.05) is 0 Å². The normalized spacial score (nSPS) is 8.56. The lowest BCUT2D eigenvalue weighted by Gasteiger charge is -1.93. The molecule has 9 heavy (non-hydrogen) atoms. The Morgan fingerprint density at radius 1 is 1.56 bits per heavy atom. The number of carbonyl (C=O) groups is 2. The van der Waals surface area contributed by atoms with E-state index in [9.17, 15) is 9.59 Å². The van der Waals surface area contributed by atoms with Gasteiger partial charge in [-0.1, -0.05) is 6.58 Å². The zero-order chi connectivity index (χ0) is 7.44. The summed E-state index contributed by atoms with van der Waals surface area (Å²) in [5.74, 6) is -0.705. The van der Waals surface area contributed by atoms with E-state index in [0.29, 0.717) is 0 Å². The zero-order valence-corrected chi connectivity index (χ0v) is 5.31. The number of carbonyl (C=O) groups excluding carboxylic acids is 2. The standard InChI is InChI=1S/C6H9NO2/c1-4(5(2)8)3-6(7)9/h1,3H2,2H3,(H2,7,9). The molecule has 2 N–H and O–H groups in total. The van der Waals surface area contributed by atoms with Crippen LogP contribution in [0, 0.1) is 0 Å². The molecule has 0 saturated carbocycles. The lowest BCUT2D eigenvalue weighted by molar-refractivity contribution is -0.119. The Hall–Kier alpha value is -1.12. The Balaban J connectivity index is 3.79. The number of nitrogens with two attached hydrogens (primary N) is 1. The molecule has 0 aromatic carbocycles. The molecule has 0 heterocycles. The third-order valence-electron chi connectivity index (χ3n) is 0.886. The molecule has 0 aromatic rings. The van der Waals surface area contributed by atoms with Gasteiger partial charge < -0.3 is 5.73 Å². The van der Waals surface area contributed by atoms with Crippen molar-refractivity contribution in [1.82, 2.24) is 0 Å². The van der Waals surface area contributed by atoms with Gasteiger partial charge in [0.05, 0.1) is 6.42 Å². The molecular formula is C6H9NO2. The van der Waals surface area contributed by atoms with Crippen molar-refractivity contribution < 1.29 is 9.59 Å². The fourth-order valence-corrected chi connectivity index (χ4v) is 0.335. The SMILES string of the molecule is C=C(CC(N)=O)C(C)=O. The van der Waals surface area contributed by atoms with Crippen LogP contribution in [0.1, 0.15) is 13.3 Å². The highest BCUT2D eigenvalue weighted by Gasteiger charge is 2.02. The number of hydrogen-bond acceptors (Lipinski definition) is 2. The van der Waals surface area contributed by atoms with Gasteiger partial charge in [0.25, 0.3) is 0 Å². The summed E-state index contributed by atoms with van der Waals surface area (Å²) in [6.45, 7) is 4.70. The van der Waals surface area contributed by atoms with Crippen molar-refractivity contribution in [2.24, 2.45) is 5.73 Å². The minimum atomic E-state index is -0.518. The van der Waals surface area contributed by atoms with Gasteiger partial charge in [0.15, 0.2) is 5.78 Å². The van der Waals surface area contributed by atoms with Gasteiger partial charge >= 0.3 is 0 Å². The molecule has 1 amide bonds. The summed E-state index contributed by atoms with van der Waals surface area (Å²) in [7, 11) is 0. The summed E-state index contributed by atoms with van der Waals surface area (Å²) in [5.41, 5.74) is 5.05. The van der Waals surface area contributed by atoms with Crippen LogP contribution >= 0.6 is 0 Å². The highest BCUT2D eigenvalue weighted by Crippen LogP contribution is 1.96. The van der Waals surface area contributed by atoms with Crippen LogP contribution in [0.3, 0.4) is 0 Å². The predicted octanol–water partition coefficient (Wildman–Crippen LogP) is 0.00700. The molecule has 0 radical (unpaired) electrons. The number of hydrogen-bond donors (Lipinski definition) is 1. The summed E-state index contributed by atoms with van der Waals surface area (Å²) in [4.78, 5) is 20.5. The van der Waals surface area contributed by atoms with Gasteiger partial charge in [0.1, 0.15) is 0 Å². The van der Waals surface area contributed by atoms with Gasteiger partial charge in [-0.05, 0) is 12.5 Å². The van der Waals surface area contributed by atoms with Gasteiger partial charge in [-0.25, -0.2) is 0 Å². The first-order valence-electron chi connectivity index (χ1n) is 2.51. The van der Waals surface area contributed by atoms with E-state index in [4.69, 9.17) is 5.73 Å². The lowest BCUT2D eigenvalue weighted by atomic mass is 10.1. The molecular weight excluding hydrogens is 118 g/mol. The third-order valence-corrected chi connectivity index (χ3v) is 0.886. The Kier molecular flexibility index (Phi) is 2.64. The molecule has 0 aliphatic heterocycles. The molecule has 0 aromatic heterocycles. The summed E-state index contributed by atoms with van der Waals surface area (Å²) in [5, 5.41) is 0. The first-order chi connectivity index (χ1) is 4.04. The van der Waals surface area contributed by atoms with Crippen molar-refractivity contribution in [3.63, 3.8) is 0 Å². The second-order valence-electron chi connectivity index (χ2n) is 1.80. The van der Waals surface area contributed by atoms with E-state index in [2.05, 4.69) is 6.58 Å². The molecule has 0 fully saturated rings. The van der Waals surface area contributed by atoms with E-state index in [0.717, 1.165) is 0 Å². The van der Waals surface area contributed by atoms with Crippen molar-refractivity contribution in [2.45, 2.75) is 13.3 Å². The maximum Gasteiger partial charge on any atom is 0.221 e. The maximum atomic E-state index is 10.4. The van der Waals surface area contributed by atoms with Crippen molar-refractivity contribution in [1.29, 1.82) is 0 Å². The van der Waals surface area contributed by atoms with E-state index in [1.807, 2.05) is 0 Å². The van der Waals surface area contributed by atoms with Crippen LogP contribution in [0.4, 0.5) is 0 Å². The highest BCUT2D eigenvalue weighted by atomic mass is 16.1. The van der Waals surface area contributed by atoms with Crippen LogP contribution in [0.2, 0.25) is 0 Å². The Labute approximate surface area is 53.5 Å². The molecule has 0 saturated heterocycles. The Morgan fingerprint density at radius 2 is 2.00 bits per heavy atom. The van der Waals surface area contributed by atoms with E-state index in [1.165, 1.54) is 6.92 Å². The summed E-state index contributed by atoms with van der Waals surface area (Å²) in [6.07, 6.45) is -0.0324. The summed E-state index contributed by atoms with van der Waals surface area (Å²) >= 11 is 0. The van der Waals surface area contributed by atoms with E-state index >= 15 is 0 Å². The van der Waals surface area contributed by atoms with Gasteiger partial charge in [0.2, 0.25) is 5.91 Å². The zero-order valence-electron chi connectivity index (χ0n) is 5.31. The van der Waals surface area contributed by atoms with Crippen LogP contribution in [-0.4, -0.2) is 11.7 Å². The van der Waals surface area contributed by atoms with Crippen LogP contribution in [0.25, 0.3) is 0 Å². The van der Waals surface area contributed by atoms with E-state index in [-0.39, 0.29) is 17.8 Å². The average Bonchev–Trinajstić information content (AvgIpc) is 1.63. The fourth-order valence-electron chi connectivity index (χ4n) is 0.335. The van der Waals surface area contributed by atoms with Crippen molar-refractivity contribution >= 4 is 11.7 Å². The average molecular weight is 127 g/mol. The largest absolute Gasteiger partial charge is 0.369 e. The van der Waals surface area contributed by atoms with Gasteiger partial charge in [-0.15, -0.1) is 0 Å². The fraction of sp³-hybridized carbons (Fsp3) is 0.333. The quantitative estimate of drug-likeness (QED) is 0.543. The van der Waals surface area contributed by atoms with Gasteiger partial charge in [-0.3, -0.25) is 9.59 Å². The van der Waals surface area contributed by atoms with Crippen molar-refractivity contribution in [3.8, 4) is 0 Å². The lowest BCUT2D eigenvalue weighted by Crippen LogP contribution is -2.13. The number of primary amides is 1. The molecule has 0 spiro atoms. The van der Waals surface area contributed by atoms with Crippen LogP contribution in [0.5, 0.6) is 0 Å². The molecule has 0 rings (SSSR count). The third kappa shape index (κ3) is 3.46.